The summed E-state index contributed by atoms with van der Waals surface area (Å²) in [5.74, 6) is -1.34. The van der Waals surface area contributed by atoms with E-state index in [4.69, 9.17) is 5.73 Å². The van der Waals surface area contributed by atoms with Crippen molar-refractivity contribution in [2.24, 2.45) is 11.7 Å². The van der Waals surface area contributed by atoms with Crippen LogP contribution in [-0.2, 0) is 4.79 Å². The lowest BCUT2D eigenvalue weighted by molar-refractivity contribution is -0.118. The molecule has 2 aromatic rings. The second kappa shape index (κ2) is 8.62. The molecular weight excluding hydrogens is 398 g/mol. The van der Waals surface area contributed by atoms with Gasteiger partial charge in [-0.2, -0.15) is 0 Å². The Hall–Kier alpha value is -2.67. The van der Waals surface area contributed by atoms with Gasteiger partial charge in [0.15, 0.2) is 0 Å². The third kappa shape index (κ3) is 4.92. The van der Waals surface area contributed by atoms with Gasteiger partial charge >= 0.3 is 0 Å². The zero-order chi connectivity index (χ0) is 19.3. The Bertz CT molecular complexity index is 819. The van der Waals surface area contributed by atoms with Crippen LogP contribution in [0.3, 0.4) is 0 Å². The average molecular weight is 418 g/mol. The number of primary amides is 1. The van der Waals surface area contributed by atoms with Gasteiger partial charge in [0, 0.05) is 15.7 Å². The number of carbonyl (C=O) groups excluding carboxylic acids is 3. The molecule has 0 saturated heterocycles. The summed E-state index contributed by atoms with van der Waals surface area (Å²) in [6, 6.07) is 12.5. The maximum atomic E-state index is 12.6. The Morgan fingerprint density at radius 2 is 1.62 bits per heavy atom. The molecule has 0 spiro atoms. The molecule has 26 heavy (non-hydrogen) atoms. The lowest BCUT2D eigenvalue weighted by Gasteiger charge is -2.22. The molecule has 6 nitrogen and oxygen atoms in total. The highest BCUT2D eigenvalue weighted by molar-refractivity contribution is 9.10. The first kappa shape index (κ1) is 19.7. The zero-order valence-corrected chi connectivity index (χ0v) is 16.0. The van der Waals surface area contributed by atoms with Crippen molar-refractivity contribution in [1.29, 1.82) is 0 Å². The maximum absolute atomic E-state index is 12.6. The van der Waals surface area contributed by atoms with E-state index in [-0.39, 0.29) is 17.7 Å². The monoisotopic (exact) mass is 417 g/mol. The molecule has 0 saturated carbocycles. The third-order valence-corrected chi connectivity index (χ3v) is 4.48. The van der Waals surface area contributed by atoms with E-state index >= 15 is 0 Å². The normalized spacial score (nSPS) is 11.7. The number of carbonyl (C=O) groups is 3. The molecule has 0 bridgehead atoms. The van der Waals surface area contributed by atoms with Crippen LogP contribution in [0.25, 0.3) is 0 Å². The van der Waals surface area contributed by atoms with E-state index in [2.05, 4.69) is 26.6 Å². The molecule has 0 aliphatic heterocycles. The first-order valence-electron chi connectivity index (χ1n) is 8.05. The van der Waals surface area contributed by atoms with Crippen LogP contribution in [0.2, 0.25) is 0 Å². The van der Waals surface area contributed by atoms with Crippen LogP contribution in [0.4, 0.5) is 5.69 Å². The number of nitrogens with one attached hydrogen (secondary N) is 2. The number of anilines is 1. The predicted octanol–water partition coefficient (Wildman–Crippen LogP) is 2.94. The molecule has 136 valence electrons. The van der Waals surface area contributed by atoms with E-state index in [1.807, 2.05) is 19.9 Å². The van der Waals surface area contributed by atoms with E-state index in [1.54, 1.807) is 30.3 Å². The summed E-state index contributed by atoms with van der Waals surface area (Å²) < 4.78 is 0.655. The van der Waals surface area contributed by atoms with Crippen molar-refractivity contribution in [3.8, 4) is 0 Å². The molecule has 2 aromatic carbocycles. The van der Waals surface area contributed by atoms with Gasteiger partial charge in [0.25, 0.3) is 5.91 Å². The number of hydrogen-bond donors (Lipinski definition) is 3. The first-order valence-corrected chi connectivity index (χ1v) is 8.85. The second-order valence-electron chi connectivity index (χ2n) is 6.11. The number of hydrogen-bond acceptors (Lipinski definition) is 3. The van der Waals surface area contributed by atoms with E-state index in [0.717, 1.165) is 0 Å². The van der Waals surface area contributed by atoms with Crippen molar-refractivity contribution in [3.05, 3.63) is 64.1 Å². The van der Waals surface area contributed by atoms with Crippen LogP contribution >= 0.6 is 15.9 Å². The Morgan fingerprint density at radius 3 is 2.15 bits per heavy atom. The number of nitrogens with two attached hydrogens (primary N) is 1. The van der Waals surface area contributed by atoms with Crippen molar-refractivity contribution >= 4 is 39.3 Å². The summed E-state index contributed by atoms with van der Waals surface area (Å²) in [6.07, 6.45) is 0. The van der Waals surface area contributed by atoms with Gasteiger partial charge in [0.1, 0.15) is 6.04 Å². The van der Waals surface area contributed by atoms with Crippen LogP contribution in [0, 0.1) is 5.92 Å². The average Bonchev–Trinajstić information content (AvgIpc) is 2.59. The van der Waals surface area contributed by atoms with Gasteiger partial charge in [-0.05, 0) is 58.2 Å². The fourth-order valence-corrected chi connectivity index (χ4v) is 2.80. The van der Waals surface area contributed by atoms with E-state index in [1.165, 1.54) is 12.1 Å². The highest BCUT2D eigenvalue weighted by Gasteiger charge is 2.25. The summed E-state index contributed by atoms with van der Waals surface area (Å²) in [5, 5.41) is 5.51. The fraction of sp³-hybridized carbons (Fsp3) is 0.211. The molecule has 0 radical (unpaired) electrons. The van der Waals surface area contributed by atoms with Crippen molar-refractivity contribution < 1.29 is 14.4 Å². The molecule has 0 unspecified atom stereocenters. The lowest BCUT2D eigenvalue weighted by Crippen LogP contribution is -2.47. The van der Waals surface area contributed by atoms with Crippen molar-refractivity contribution in [3.63, 3.8) is 0 Å². The Morgan fingerprint density at radius 1 is 1.00 bits per heavy atom. The smallest absolute Gasteiger partial charge is 0.253 e. The molecule has 2 rings (SSSR count). The summed E-state index contributed by atoms with van der Waals surface area (Å²) in [5.41, 5.74) is 6.52. The molecule has 0 aliphatic carbocycles. The first-order chi connectivity index (χ1) is 12.3. The Kier molecular flexibility index (Phi) is 6.52. The highest BCUT2D eigenvalue weighted by atomic mass is 79.9. The SMILES string of the molecule is CC(C)[C@H](NC(=O)c1ccccc1Br)C(=O)Nc1ccc(C(N)=O)cc1. The largest absolute Gasteiger partial charge is 0.366 e. The molecule has 0 fully saturated rings. The molecule has 0 aliphatic rings. The molecule has 7 heteroatoms. The fourth-order valence-electron chi connectivity index (χ4n) is 2.34. The van der Waals surface area contributed by atoms with Gasteiger partial charge in [-0.25, -0.2) is 0 Å². The predicted molar refractivity (Wildman–Crippen MR) is 104 cm³/mol. The van der Waals surface area contributed by atoms with Crippen molar-refractivity contribution in [2.75, 3.05) is 5.32 Å². The van der Waals surface area contributed by atoms with Crippen molar-refractivity contribution in [2.45, 2.75) is 19.9 Å². The standard InChI is InChI=1S/C19H20BrN3O3/c1-11(2)16(23-18(25)14-5-3-4-6-15(14)20)19(26)22-13-9-7-12(8-10-13)17(21)24/h3-11,16H,1-2H3,(H2,21,24)(H,22,26)(H,23,25)/t16-/m0/s1. The highest BCUT2D eigenvalue weighted by Crippen LogP contribution is 2.17. The summed E-state index contributed by atoms with van der Waals surface area (Å²) in [7, 11) is 0. The molecule has 4 N–H and O–H groups in total. The number of halogens is 1. The van der Waals surface area contributed by atoms with Gasteiger partial charge in [-0.15, -0.1) is 0 Å². The lowest BCUT2D eigenvalue weighted by atomic mass is 10.0. The quantitative estimate of drug-likeness (QED) is 0.672. The maximum Gasteiger partial charge on any atom is 0.253 e. The summed E-state index contributed by atoms with van der Waals surface area (Å²) in [6.45, 7) is 3.70. The molecule has 0 aromatic heterocycles. The van der Waals surface area contributed by atoms with Crippen LogP contribution in [0.1, 0.15) is 34.6 Å². The molecule has 0 heterocycles. The van der Waals surface area contributed by atoms with E-state index < -0.39 is 11.9 Å². The minimum absolute atomic E-state index is 0.119. The molecule has 1 atom stereocenters. The Labute approximate surface area is 160 Å². The van der Waals surface area contributed by atoms with E-state index in [0.29, 0.717) is 21.3 Å². The van der Waals surface area contributed by atoms with Gasteiger partial charge in [0.2, 0.25) is 11.8 Å². The van der Waals surface area contributed by atoms with Crippen molar-refractivity contribution in [1.82, 2.24) is 5.32 Å². The van der Waals surface area contributed by atoms with Crippen LogP contribution in [0.5, 0.6) is 0 Å². The minimum atomic E-state index is -0.717. The van der Waals surface area contributed by atoms with E-state index in [9.17, 15) is 14.4 Å². The van der Waals surface area contributed by atoms with Crippen LogP contribution in [0.15, 0.2) is 53.0 Å². The molecular formula is C19H20BrN3O3. The minimum Gasteiger partial charge on any atom is -0.366 e. The number of amides is 3. The van der Waals surface area contributed by atoms with Gasteiger partial charge in [-0.1, -0.05) is 26.0 Å². The summed E-state index contributed by atoms with van der Waals surface area (Å²) >= 11 is 3.33. The van der Waals surface area contributed by atoms with Gasteiger partial charge < -0.3 is 16.4 Å². The Balaban J connectivity index is 2.11. The second-order valence-corrected chi connectivity index (χ2v) is 6.96. The number of benzene rings is 2. The zero-order valence-electron chi connectivity index (χ0n) is 14.5. The van der Waals surface area contributed by atoms with Gasteiger partial charge in [-0.3, -0.25) is 14.4 Å². The van der Waals surface area contributed by atoms with Crippen LogP contribution in [-0.4, -0.2) is 23.8 Å². The van der Waals surface area contributed by atoms with Gasteiger partial charge in [0.05, 0.1) is 5.56 Å². The number of rotatable bonds is 6. The summed E-state index contributed by atoms with van der Waals surface area (Å²) in [4.78, 5) is 36.2. The van der Waals surface area contributed by atoms with Crippen LogP contribution < -0.4 is 16.4 Å². The molecule has 3 amide bonds. The third-order valence-electron chi connectivity index (χ3n) is 3.79. The topological polar surface area (TPSA) is 101 Å².